The highest BCUT2D eigenvalue weighted by molar-refractivity contribution is 7.99. The molecule has 1 aromatic rings. The number of rotatable bonds is 3. The molecule has 104 valence electrons. The third kappa shape index (κ3) is 3.92. The number of thioether (sulfide) groups is 1. The van der Waals surface area contributed by atoms with E-state index in [1.165, 1.54) is 0 Å². The highest BCUT2D eigenvalue weighted by Crippen LogP contribution is 2.29. The molecule has 0 radical (unpaired) electrons. The molecule has 4 nitrogen and oxygen atoms in total. The summed E-state index contributed by atoms with van der Waals surface area (Å²) >= 11 is 13.5. The zero-order chi connectivity index (χ0) is 13.9. The van der Waals surface area contributed by atoms with Crippen LogP contribution in [0.25, 0.3) is 0 Å². The largest absolute Gasteiger partial charge is 0.387 e. The van der Waals surface area contributed by atoms with Crippen molar-refractivity contribution in [2.45, 2.75) is 12.0 Å². The fourth-order valence-corrected chi connectivity index (χ4v) is 3.39. The first-order valence-electron chi connectivity index (χ1n) is 5.79. The Morgan fingerprint density at radius 2 is 2.26 bits per heavy atom. The minimum atomic E-state index is -0.805. The number of urea groups is 1. The van der Waals surface area contributed by atoms with Crippen LogP contribution in [0.2, 0.25) is 10.0 Å². The third-order valence-corrected chi connectivity index (χ3v) is 4.91. The molecule has 1 atom stereocenters. The van der Waals surface area contributed by atoms with Crippen molar-refractivity contribution in [1.82, 2.24) is 5.32 Å². The van der Waals surface area contributed by atoms with E-state index in [9.17, 15) is 9.90 Å². The normalized spacial score (nSPS) is 22.3. The van der Waals surface area contributed by atoms with Crippen LogP contribution >= 0.6 is 35.0 Å². The summed E-state index contributed by atoms with van der Waals surface area (Å²) < 4.78 is 0. The SMILES string of the molecule is O=C(NCC1(O)CCSC1)Nc1cccc(Cl)c1Cl. The van der Waals surface area contributed by atoms with Gasteiger partial charge < -0.3 is 15.7 Å². The number of carbonyl (C=O) groups excluding carboxylic acids is 1. The Labute approximate surface area is 125 Å². The van der Waals surface area contributed by atoms with Gasteiger partial charge in [-0.15, -0.1) is 0 Å². The van der Waals surface area contributed by atoms with Gasteiger partial charge in [-0.25, -0.2) is 4.79 Å². The van der Waals surface area contributed by atoms with Gasteiger partial charge in [0.25, 0.3) is 0 Å². The lowest BCUT2D eigenvalue weighted by molar-refractivity contribution is 0.0706. The highest BCUT2D eigenvalue weighted by Gasteiger charge is 2.31. The third-order valence-electron chi connectivity index (χ3n) is 2.86. The summed E-state index contributed by atoms with van der Waals surface area (Å²) in [5.74, 6) is 1.56. The van der Waals surface area contributed by atoms with Crippen LogP contribution in [0.4, 0.5) is 10.5 Å². The molecule has 0 aliphatic carbocycles. The number of amides is 2. The monoisotopic (exact) mass is 320 g/mol. The number of nitrogens with one attached hydrogen (secondary N) is 2. The molecule has 7 heteroatoms. The Bertz CT molecular complexity index is 479. The van der Waals surface area contributed by atoms with E-state index in [0.717, 1.165) is 5.75 Å². The average molecular weight is 321 g/mol. The smallest absolute Gasteiger partial charge is 0.319 e. The van der Waals surface area contributed by atoms with Gasteiger partial charge in [0.2, 0.25) is 0 Å². The van der Waals surface area contributed by atoms with E-state index in [0.29, 0.717) is 27.9 Å². The van der Waals surface area contributed by atoms with Crippen molar-refractivity contribution in [3.05, 3.63) is 28.2 Å². The molecule has 0 bridgehead atoms. The van der Waals surface area contributed by atoms with E-state index in [2.05, 4.69) is 10.6 Å². The quantitative estimate of drug-likeness (QED) is 0.802. The van der Waals surface area contributed by atoms with Crippen LogP contribution in [0.1, 0.15) is 6.42 Å². The van der Waals surface area contributed by atoms with Gasteiger partial charge in [0.1, 0.15) is 0 Å². The van der Waals surface area contributed by atoms with Crippen LogP contribution in [0.5, 0.6) is 0 Å². The molecule has 0 saturated carbocycles. The van der Waals surface area contributed by atoms with Crippen molar-refractivity contribution in [3.8, 4) is 0 Å². The van der Waals surface area contributed by atoms with Crippen molar-refractivity contribution in [3.63, 3.8) is 0 Å². The minimum Gasteiger partial charge on any atom is -0.387 e. The zero-order valence-electron chi connectivity index (χ0n) is 10.1. The molecular weight excluding hydrogens is 307 g/mol. The Balaban J connectivity index is 1.89. The second-order valence-electron chi connectivity index (χ2n) is 4.44. The van der Waals surface area contributed by atoms with E-state index >= 15 is 0 Å². The first kappa shape index (κ1) is 14.8. The van der Waals surface area contributed by atoms with Gasteiger partial charge >= 0.3 is 6.03 Å². The van der Waals surface area contributed by atoms with Crippen LogP contribution in [-0.4, -0.2) is 34.8 Å². The topological polar surface area (TPSA) is 61.4 Å². The molecular formula is C12H14Cl2N2O2S. The van der Waals surface area contributed by atoms with Gasteiger partial charge in [-0.2, -0.15) is 11.8 Å². The number of hydrogen-bond donors (Lipinski definition) is 3. The maximum atomic E-state index is 11.7. The number of hydrogen-bond acceptors (Lipinski definition) is 3. The van der Waals surface area contributed by atoms with Crippen LogP contribution in [-0.2, 0) is 0 Å². The molecule has 2 rings (SSSR count). The maximum absolute atomic E-state index is 11.7. The lowest BCUT2D eigenvalue weighted by Gasteiger charge is -2.21. The summed E-state index contributed by atoms with van der Waals surface area (Å²) in [6, 6.07) is 4.60. The van der Waals surface area contributed by atoms with Crippen LogP contribution in [0, 0.1) is 0 Å². The fourth-order valence-electron chi connectivity index (χ4n) is 1.75. The Hall–Kier alpha value is -0.620. The van der Waals surface area contributed by atoms with Gasteiger partial charge in [0.05, 0.1) is 21.3 Å². The van der Waals surface area contributed by atoms with E-state index in [1.54, 1.807) is 30.0 Å². The summed E-state index contributed by atoms with van der Waals surface area (Å²) in [6.45, 7) is 0.226. The first-order chi connectivity index (χ1) is 9.00. The minimum absolute atomic E-state index is 0.226. The molecule has 0 aromatic heterocycles. The molecule has 1 aromatic carbocycles. The van der Waals surface area contributed by atoms with E-state index in [1.807, 2.05) is 0 Å². The van der Waals surface area contributed by atoms with Crippen LogP contribution in [0.15, 0.2) is 18.2 Å². The van der Waals surface area contributed by atoms with E-state index in [-0.39, 0.29) is 6.54 Å². The van der Waals surface area contributed by atoms with Crippen molar-refractivity contribution < 1.29 is 9.90 Å². The van der Waals surface area contributed by atoms with E-state index in [4.69, 9.17) is 23.2 Å². The molecule has 1 fully saturated rings. The molecule has 1 heterocycles. The van der Waals surface area contributed by atoms with Gasteiger partial charge in [0.15, 0.2) is 0 Å². The van der Waals surface area contributed by atoms with Crippen molar-refractivity contribution in [2.24, 2.45) is 0 Å². The molecule has 1 unspecified atom stereocenters. The number of carbonyl (C=O) groups is 1. The second kappa shape index (κ2) is 6.22. The Morgan fingerprint density at radius 3 is 2.95 bits per heavy atom. The van der Waals surface area contributed by atoms with Gasteiger partial charge in [-0.05, 0) is 24.3 Å². The molecule has 2 amide bonds. The summed E-state index contributed by atoms with van der Waals surface area (Å²) in [5, 5.41) is 16.0. The predicted octanol–water partition coefficient (Wildman–Crippen LogP) is 2.98. The molecule has 1 saturated heterocycles. The van der Waals surface area contributed by atoms with Crippen LogP contribution in [0.3, 0.4) is 0 Å². The highest BCUT2D eigenvalue weighted by atomic mass is 35.5. The average Bonchev–Trinajstić information content (AvgIpc) is 2.80. The molecule has 1 aliphatic heterocycles. The first-order valence-corrected chi connectivity index (χ1v) is 7.70. The standard InChI is InChI=1S/C12H14Cl2N2O2S/c13-8-2-1-3-9(10(8)14)16-11(17)15-6-12(18)4-5-19-7-12/h1-3,18H,4-7H2,(H2,15,16,17). The number of anilines is 1. The fraction of sp³-hybridized carbons (Fsp3) is 0.417. The second-order valence-corrected chi connectivity index (χ2v) is 6.33. The van der Waals surface area contributed by atoms with Crippen molar-refractivity contribution in [1.29, 1.82) is 0 Å². The molecule has 0 spiro atoms. The number of aliphatic hydroxyl groups is 1. The molecule has 3 N–H and O–H groups in total. The maximum Gasteiger partial charge on any atom is 0.319 e. The van der Waals surface area contributed by atoms with Crippen molar-refractivity contribution >= 4 is 46.7 Å². The van der Waals surface area contributed by atoms with Crippen LogP contribution < -0.4 is 10.6 Å². The molecule has 19 heavy (non-hydrogen) atoms. The van der Waals surface area contributed by atoms with Gasteiger partial charge in [-0.1, -0.05) is 29.3 Å². The lowest BCUT2D eigenvalue weighted by atomic mass is 10.0. The lowest BCUT2D eigenvalue weighted by Crippen LogP contribution is -2.44. The Kier molecular flexibility index (Phi) is 4.84. The Morgan fingerprint density at radius 1 is 1.47 bits per heavy atom. The van der Waals surface area contributed by atoms with Gasteiger partial charge in [0, 0.05) is 12.3 Å². The summed E-state index contributed by atoms with van der Waals surface area (Å²) in [7, 11) is 0. The summed E-state index contributed by atoms with van der Waals surface area (Å²) in [5.41, 5.74) is -0.361. The summed E-state index contributed by atoms with van der Waals surface area (Å²) in [6.07, 6.45) is 0.690. The number of benzene rings is 1. The van der Waals surface area contributed by atoms with Gasteiger partial charge in [-0.3, -0.25) is 0 Å². The predicted molar refractivity (Wildman–Crippen MR) is 80.4 cm³/mol. The van der Waals surface area contributed by atoms with E-state index < -0.39 is 11.6 Å². The van der Waals surface area contributed by atoms with Crippen molar-refractivity contribution in [2.75, 3.05) is 23.4 Å². The summed E-state index contributed by atoms with van der Waals surface area (Å²) in [4.78, 5) is 11.7. The zero-order valence-corrected chi connectivity index (χ0v) is 12.4. The number of halogens is 2. The molecule has 1 aliphatic rings.